The second-order valence-electron chi connectivity index (χ2n) is 15.9. The van der Waals surface area contributed by atoms with Crippen LogP contribution in [0.1, 0.15) is 44.4 Å². The van der Waals surface area contributed by atoms with Crippen molar-refractivity contribution in [2.24, 2.45) is 0 Å². The molecule has 0 aliphatic carbocycles. The minimum atomic E-state index is 1.11. The molecule has 0 N–H and O–H groups in total. The summed E-state index contributed by atoms with van der Waals surface area (Å²) < 4.78 is 0. The van der Waals surface area contributed by atoms with Crippen molar-refractivity contribution in [1.29, 1.82) is 0 Å². The van der Waals surface area contributed by atoms with Crippen LogP contribution in [0.5, 0.6) is 0 Å². The van der Waals surface area contributed by atoms with Crippen LogP contribution >= 0.6 is 0 Å². The zero-order chi connectivity index (χ0) is 43.6. The normalized spacial score (nSPS) is 11.1. The van der Waals surface area contributed by atoms with E-state index in [9.17, 15) is 0 Å². The third-order valence-electron chi connectivity index (χ3n) is 12.2. The molecule has 11 rings (SSSR count). The van der Waals surface area contributed by atoms with Crippen LogP contribution in [0.2, 0.25) is 0 Å². The molecule has 0 aromatic heterocycles. The number of anilines is 6. The topological polar surface area (TPSA) is 6.48 Å². The third kappa shape index (κ3) is 7.12. The first-order valence-corrected chi connectivity index (χ1v) is 22.5. The molecule has 63 heavy (non-hydrogen) atoms. The highest BCUT2D eigenvalue weighted by Gasteiger charge is 2.29. The minimum absolute atomic E-state index is 1.11. The molecule has 2 heteroatoms. The van der Waals surface area contributed by atoms with Gasteiger partial charge in [0.05, 0.1) is 22.7 Å². The summed E-state index contributed by atoms with van der Waals surface area (Å²) in [4.78, 5) is 5.12. The highest BCUT2D eigenvalue weighted by Crippen LogP contribution is 2.55. The fourth-order valence-corrected chi connectivity index (χ4v) is 9.40. The van der Waals surface area contributed by atoms with Crippen molar-refractivity contribution in [1.82, 2.24) is 0 Å². The highest BCUT2D eigenvalue weighted by atomic mass is 15.2. The van der Waals surface area contributed by atoms with Gasteiger partial charge in [-0.05, 0) is 108 Å². The zero-order valence-electron chi connectivity index (χ0n) is 37.4. The van der Waals surface area contributed by atoms with Crippen LogP contribution < -0.4 is 9.80 Å². The predicted octanol–water partition coefficient (Wildman–Crippen LogP) is 18.5. The monoisotopic (exact) mass is 814 g/mol. The van der Waals surface area contributed by atoms with E-state index >= 15 is 0 Å². The minimum Gasteiger partial charge on any atom is -0.308 e. The molecule has 308 valence electrons. The predicted molar refractivity (Wildman–Crippen MR) is 278 cm³/mol. The Balaban J connectivity index is 0.00000123. The van der Waals surface area contributed by atoms with Gasteiger partial charge >= 0.3 is 0 Å². The van der Waals surface area contributed by atoms with Crippen molar-refractivity contribution in [3.05, 3.63) is 217 Å². The van der Waals surface area contributed by atoms with Crippen LogP contribution in [0.25, 0.3) is 64.6 Å². The fourth-order valence-electron chi connectivity index (χ4n) is 9.40. The lowest BCUT2D eigenvalue weighted by Gasteiger charge is -2.35. The standard InChI is InChI=1S/C57H42N2.2C2H6/c1-37-30-31-50-51(32-37)57(59(45-24-8-5-9-25-45)55-48-28-16-12-20-42(48)36-43-21-13-17-29-49(43)55)53-34-39(3)38(2)33-52(53)56(50)58(44-22-6-4-7-23-44)54-46-26-14-10-18-40(46)35-41-19-11-15-27-47(41)54;2*1-2/h4-36H,1-3H3;2*1-2H3. The van der Waals surface area contributed by atoms with Crippen molar-refractivity contribution in [2.75, 3.05) is 9.80 Å². The Bertz CT molecular complexity index is 3310. The Hall–Kier alpha value is -7.42. The van der Waals surface area contributed by atoms with Crippen LogP contribution in [0.4, 0.5) is 34.1 Å². The van der Waals surface area contributed by atoms with Crippen molar-refractivity contribution >= 4 is 98.8 Å². The number of hydrogen-bond donors (Lipinski definition) is 0. The zero-order valence-corrected chi connectivity index (χ0v) is 37.4. The molecule has 0 aliphatic rings. The summed E-state index contributed by atoms with van der Waals surface area (Å²) in [6.07, 6.45) is 0. The first kappa shape index (κ1) is 41.0. The van der Waals surface area contributed by atoms with E-state index in [4.69, 9.17) is 0 Å². The number of rotatable bonds is 6. The second-order valence-corrected chi connectivity index (χ2v) is 15.9. The molecule has 11 aromatic rings. The smallest absolute Gasteiger partial charge is 0.0620 e. The summed E-state index contributed by atoms with van der Waals surface area (Å²) in [6.45, 7) is 14.7. The van der Waals surface area contributed by atoms with Gasteiger partial charge in [0.15, 0.2) is 0 Å². The Morgan fingerprint density at radius 3 is 0.937 bits per heavy atom. The van der Waals surface area contributed by atoms with Gasteiger partial charge in [-0.3, -0.25) is 0 Å². The molecule has 0 fully saturated rings. The Morgan fingerprint density at radius 2 is 0.556 bits per heavy atom. The Kier molecular flexibility index (Phi) is 11.4. The second kappa shape index (κ2) is 17.5. The number of benzene rings is 11. The molecule has 0 saturated heterocycles. The van der Waals surface area contributed by atoms with E-state index in [0.29, 0.717) is 0 Å². The van der Waals surface area contributed by atoms with Crippen LogP contribution in [0.3, 0.4) is 0 Å². The molecule has 11 aromatic carbocycles. The largest absolute Gasteiger partial charge is 0.308 e. The summed E-state index contributed by atoms with van der Waals surface area (Å²) in [5.41, 5.74) is 10.7. The van der Waals surface area contributed by atoms with Crippen molar-refractivity contribution in [3.63, 3.8) is 0 Å². The van der Waals surface area contributed by atoms with E-state index in [1.807, 2.05) is 27.7 Å². The number of para-hydroxylation sites is 2. The van der Waals surface area contributed by atoms with Gasteiger partial charge in [-0.25, -0.2) is 0 Å². The van der Waals surface area contributed by atoms with Crippen molar-refractivity contribution < 1.29 is 0 Å². The SMILES string of the molecule is CC.CC.Cc1ccc2c(N(c3ccccc3)c3c4ccccc4cc4ccccc34)c3cc(C)c(C)cc3c(N(c3ccccc3)c3c4ccccc4cc4ccccc34)c2c1. The summed E-state index contributed by atoms with van der Waals surface area (Å²) in [6, 6.07) is 74.0. The molecule has 0 saturated carbocycles. The molecule has 0 aliphatic heterocycles. The summed E-state index contributed by atoms with van der Waals surface area (Å²) in [7, 11) is 0. The average Bonchev–Trinajstić information content (AvgIpc) is 3.34. The van der Waals surface area contributed by atoms with Crippen LogP contribution in [-0.4, -0.2) is 0 Å². The fraction of sp³-hybridized carbons (Fsp3) is 0.115. The molecule has 0 bridgehead atoms. The van der Waals surface area contributed by atoms with Crippen LogP contribution in [0.15, 0.2) is 200 Å². The lowest BCUT2D eigenvalue weighted by Crippen LogP contribution is -2.16. The molecule has 0 unspecified atom stereocenters. The third-order valence-corrected chi connectivity index (χ3v) is 12.2. The first-order chi connectivity index (χ1) is 31.0. The number of nitrogens with zero attached hydrogens (tertiary/aromatic N) is 2. The lowest BCUT2D eigenvalue weighted by atomic mass is 9.90. The quantitative estimate of drug-likeness (QED) is 0.122. The summed E-state index contributed by atoms with van der Waals surface area (Å²) in [5, 5.41) is 14.5. The molecular weight excluding hydrogens is 761 g/mol. The maximum Gasteiger partial charge on any atom is 0.0620 e. The van der Waals surface area contributed by atoms with E-state index in [0.717, 1.165) is 11.4 Å². The van der Waals surface area contributed by atoms with Gasteiger partial charge in [0, 0.05) is 54.5 Å². The molecular formula is C61H54N2. The Labute approximate surface area is 372 Å². The number of aryl methyl sites for hydroxylation is 3. The van der Waals surface area contributed by atoms with Gasteiger partial charge in [-0.1, -0.05) is 179 Å². The first-order valence-electron chi connectivity index (χ1n) is 22.5. The Morgan fingerprint density at radius 1 is 0.254 bits per heavy atom. The average molecular weight is 815 g/mol. The van der Waals surface area contributed by atoms with E-state index < -0.39 is 0 Å². The van der Waals surface area contributed by atoms with E-state index in [2.05, 4.69) is 231 Å². The molecule has 0 heterocycles. The number of hydrogen-bond acceptors (Lipinski definition) is 2. The molecule has 2 nitrogen and oxygen atoms in total. The van der Waals surface area contributed by atoms with E-state index in [1.54, 1.807) is 0 Å². The summed E-state index contributed by atoms with van der Waals surface area (Å²) in [5.74, 6) is 0. The van der Waals surface area contributed by atoms with E-state index in [1.165, 1.54) is 104 Å². The van der Waals surface area contributed by atoms with Gasteiger partial charge in [0.1, 0.15) is 0 Å². The van der Waals surface area contributed by atoms with Crippen molar-refractivity contribution in [3.8, 4) is 0 Å². The van der Waals surface area contributed by atoms with Crippen LogP contribution in [-0.2, 0) is 0 Å². The molecule has 0 amide bonds. The molecule has 0 radical (unpaired) electrons. The maximum atomic E-state index is 2.56. The van der Waals surface area contributed by atoms with Gasteiger partial charge < -0.3 is 9.80 Å². The molecule has 0 spiro atoms. The summed E-state index contributed by atoms with van der Waals surface area (Å²) >= 11 is 0. The lowest BCUT2D eigenvalue weighted by molar-refractivity contribution is 1.31. The number of fused-ring (bicyclic) bond motifs is 6. The highest BCUT2D eigenvalue weighted by molar-refractivity contribution is 6.28. The molecule has 0 atom stereocenters. The van der Waals surface area contributed by atoms with Gasteiger partial charge in [0.25, 0.3) is 0 Å². The van der Waals surface area contributed by atoms with Crippen molar-refractivity contribution in [2.45, 2.75) is 48.5 Å². The van der Waals surface area contributed by atoms with Gasteiger partial charge in [-0.15, -0.1) is 0 Å². The van der Waals surface area contributed by atoms with Gasteiger partial charge in [-0.2, -0.15) is 0 Å². The van der Waals surface area contributed by atoms with Crippen LogP contribution in [0, 0.1) is 20.8 Å². The maximum absolute atomic E-state index is 2.56. The van der Waals surface area contributed by atoms with E-state index in [-0.39, 0.29) is 0 Å². The van der Waals surface area contributed by atoms with Gasteiger partial charge in [0.2, 0.25) is 0 Å².